The van der Waals surface area contributed by atoms with Gasteiger partial charge >= 0.3 is 0 Å². The number of aliphatic hydroxyl groups excluding tert-OH is 1. The predicted molar refractivity (Wildman–Crippen MR) is 133 cm³/mol. The van der Waals surface area contributed by atoms with Gasteiger partial charge in [0.2, 0.25) is 0 Å². The monoisotopic (exact) mass is 539 g/mol. The largest absolute Gasteiger partial charge is 0.511 e. The molecule has 12 heteroatoms. The van der Waals surface area contributed by atoms with Gasteiger partial charge in [0.25, 0.3) is 15.9 Å². The number of amidine groups is 1. The maximum absolute atomic E-state index is 13.8. The summed E-state index contributed by atoms with van der Waals surface area (Å²) in [6.45, 7) is 0.616. The lowest BCUT2D eigenvalue weighted by atomic mass is 9.77. The standard InChI is InChI=1S/C23H29N3O6S3/c1-34(29,30)9-7-15-11-33-22-20(15)35(31,32)25-21(24-22)17-19(27)16-13-4-5-14(10-13)18(16)26(23(17)28)8-6-12-2-3-12/h11-14,16,18,27H,2-10H2,1H3,(H,24,25)/t13-,14+,16?,18?/m0/s1. The van der Waals surface area contributed by atoms with Crippen molar-refractivity contribution in [2.45, 2.75) is 55.9 Å². The minimum Gasteiger partial charge on any atom is -0.511 e. The van der Waals surface area contributed by atoms with Crippen molar-refractivity contribution >= 4 is 47.9 Å². The Kier molecular flexibility index (Phi) is 5.39. The summed E-state index contributed by atoms with van der Waals surface area (Å²) in [5.41, 5.74) is 0.355. The van der Waals surface area contributed by atoms with Gasteiger partial charge in [-0.05, 0) is 60.8 Å². The minimum absolute atomic E-state index is 0.0237. The average molecular weight is 540 g/mol. The summed E-state index contributed by atoms with van der Waals surface area (Å²) in [5.74, 6) is 0.447. The molecule has 2 unspecified atom stereocenters. The first-order chi connectivity index (χ1) is 16.5. The van der Waals surface area contributed by atoms with Gasteiger partial charge in [0.05, 0.1) is 5.75 Å². The lowest BCUT2D eigenvalue weighted by Gasteiger charge is -2.44. The van der Waals surface area contributed by atoms with E-state index >= 15 is 0 Å². The second-order valence-electron chi connectivity index (χ2n) is 10.7. The Balaban J connectivity index is 1.37. The molecule has 2 aliphatic heterocycles. The summed E-state index contributed by atoms with van der Waals surface area (Å²) in [5, 5.41) is 16.3. The van der Waals surface area contributed by atoms with E-state index in [1.807, 2.05) is 4.90 Å². The molecule has 190 valence electrons. The number of aryl methyl sites for hydroxylation is 1. The Hall–Kier alpha value is -1.92. The molecule has 1 aromatic heterocycles. The van der Waals surface area contributed by atoms with Crippen molar-refractivity contribution < 1.29 is 26.7 Å². The van der Waals surface area contributed by atoms with Crippen LogP contribution >= 0.6 is 11.3 Å². The van der Waals surface area contributed by atoms with Crippen LogP contribution in [-0.4, -0.2) is 63.2 Å². The van der Waals surface area contributed by atoms with E-state index in [1.54, 1.807) is 5.38 Å². The summed E-state index contributed by atoms with van der Waals surface area (Å²) >= 11 is 1.13. The van der Waals surface area contributed by atoms with Gasteiger partial charge in [-0.1, -0.05) is 12.8 Å². The van der Waals surface area contributed by atoms with E-state index in [-0.39, 0.29) is 58.0 Å². The van der Waals surface area contributed by atoms with E-state index in [2.05, 4.69) is 9.71 Å². The number of nitrogens with zero attached hydrogens (tertiary/aromatic N) is 2. The van der Waals surface area contributed by atoms with Crippen LogP contribution in [0.2, 0.25) is 0 Å². The zero-order valence-electron chi connectivity index (χ0n) is 19.4. The van der Waals surface area contributed by atoms with Crippen molar-refractivity contribution in [1.82, 2.24) is 4.90 Å². The molecular formula is C23H29N3O6S3. The van der Waals surface area contributed by atoms with Gasteiger partial charge in [-0.15, -0.1) is 15.7 Å². The molecule has 4 atom stereocenters. The van der Waals surface area contributed by atoms with Crippen LogP contribution in [0.25, 0.3) is 0 Å². The highest BCUT2D eigenvalue weighted by Gasteiger charge is 2.57. The molecule has 9 nitrogen and oxygen atoms in total. The van der Waals surface area contributed by atoms with Gasteiger partial charge in [-0.3, -0.25) is 4.79 Å². The lowest BCUT2D eigenvalue weighted by molar-refractivity contribution is -0.133. The molecule has 1 aromatic rings. The first-order valence-electron chi connectivity index (χ1n) is 12.2. The van der Waals surface area contributed by atoms with Crippen molar-refractivity contribution in [2.75, 3.05) is 23.9 Å². The first-order valence-corrected chi connectivity index (χ1v) is 16.6. The van der Waals surface area contributed by atoms with E-state index < -0.39 is 19.9 Å². The molecule has 0 saturated heterocycles. The van der Waals surface area contributed by atoms with Crippen LogP contribution in [0, 0.1) is 23.7 Å². The summed E-state index contributed by atoms with van der Waals surface area (Å²) < 4.78 is 53.6. The van der Waals surface area contributed by atoms with Crippen molar-refractivity contribution in [1.29, 1.82) is 0 Å². The molecule has 3 heterocycles. The number of nitrogens with one attached hydrogen (secondary N) is 1. The summed E-state index contributed by atoms with van der Waals surface area (Å²) in [7, 11) is -7.45. The first kappa shape index (κ1) is 23.5. The summed E-state index contributed by atoms with van der Waals surface area (Å²) in [6.07, 6.45) is 7.52. The van der Waals surface area contributed by atoms with Gasteiger partial charge in [-0.25, -0.2) is 8.42 Å². The number of anilines is 1. The molecule has 1 amide bonds. The maximum atomic E-state index is 13.8. The molecule has 3 aliphatic carbocycles. The molecule has 3 fully saturated rings. The van der Waals surface area contributed by atoms with Crippen molar-refractivity contribution in [3.8, 4) is 0 Å². The zero-order valence-corrected chi connectivity index (χ0v) is 21.9. The Labute approximate surface area is 209 Å². The van der Waals surface area contributed by atoms with Crippen LogP contribution in [0.3, 0.4) is 0 Å². The number of thiophene rings is 1. The number of sulfone groups is 1. The number of carbonyl (C=O) groups excluding carboxylic acids is 1. The summed E-state index contributed by atoms with van der Waals surface area (Å²) in [4.78, 5) is 15.6. The minimum atomic E-state index is -4.18. The van der Waals surface area contributed by atoms with Crippen LogP contribution < -0.4 is 5.32 Å². The number of fused-ring (bicyclic) bond motifs is 6. The van der Waals surface area contributed by atoms with Crippen LogP contribution in [0.5, 0.6) is 0 Å². The third-order valence-electron chi connectivity index (χ3n) is 8.25. The molecule has 0 spiro atoms. The Morgan fingerprint density at radius 3 is 2.69 bits per heavy atom. The van der Waals surface area contributed by atoms with Crippen molar-refractivity contribution in [3.63, 3.8) is 0 Å². The second kappa shape index (κ2) is 8.04. The normalized spacial score (nSPS) is 31.3. The number of carbonyl (C=O) groups is 1. The third kappa shape index (κ3) is 4.01. The summed E-state index contributed by atoms with van der Waals surface area (Å²) in [6, 6.07) is -0.0237. The zero-order chi connectivity index (χ0) is 24.7. The molecule has 2 bridgehead atoms. The van der Waals surface area contributed by atoms with Crippen LogP contribution in [0.1, 0.15) is 44.1 Å². The number of hydrogen-bond acceptors (Lipinski definition) is 8. The third-order valence-corrected chi connectivity index (χ3v) is 11.7. The molecule has 2 N–H and O–H groups in total. The smallest absolute Gasteiger partial charge is 0.287 e. The fourth-order valence-corrected chi connectivity index (χ4v) is 9.74. The van der Waals surface area contributed by atoms with Crippen LogP contribution in [0.4, 0.5) is 5.00 Å². The van der Waals surface area contributed by atoms with Crippen LogP contribution in [-0.2, 0) is 31.1 Å². The topological polar surface area (TPSA) is 133 Å². The Bertz CT molecular complexity index is 1370. The van der Waals surface area contributed by atoms with Crippen molar-refractivity contribution in [3.05, 3.63) is 22.3 Å². The SMILES string of the molecule is CS(=O)(=O)CCc1csc2c1S(=O)(=O)N=C(C1=C(O)C3C([C@@H]4CC[C@H]3C4)N(CCC3CC3)C1=O)N2. The van der Waals surface area contributed by atoms with E-state index in [0.29, 0.717) is 28.9 Å². The number of hydrogen-bond donors (Lipinski definition) is 2. The molecule has 6 rings (SSSR count). The molecular weight excluding hydrogens is 510 g/mol. The van der Waals surface area contributed by atoms with Crippen LogP contribution in [0.15, 0.2) is 26.0 Å². The second-order valence-corrected chi connectivity index (χ2v) is 15.4. The highest BCUT2D eigenvalue weighted by atomic mass is 32.2. The molecule has 35 heavy (non-hydrogen) atoms. The molecule has 5 aliphatic rings. The van der Waals surface area contributed by atoms with Gasteiger partial charge in [0.1, 0.15) is 31.1 Å². The quantitative estimate of drug-likeness (QED) is 0.544. The number of sulfonamides is 1. The van der Waals surface area contributed by atoms with E-state index in [4.69, 9.17) is 0 Å². The van der Waals surface area contributed by atoms with E-state index in [0.717, 1.165) is 43.3 Å². The molecule has 0 radical (unpaired) electrons. The molecule has 3 saturated carbocycles. The Morgan fingerprint density at radius 1 is 1.23 bits per heavy atom. The average Bonchev–Trinajstić information content (AvgIpc) is 3.16. The Morgan fingerprint density at radius 2 is 1.97 bits per heavy atom. The van der Waals surface area contributed by atoms with Gasteiger partial charge in [-0.2, -0.15) is 8.42 Å². The predicted octanol–water partition coefficient (Wildman–Crippen LogP) is 2.72. The molecule has 0 aromatic carbocycles. The van der Waals surface area contributed by atoms with Gasteiger partial charge in [0, 0.05) is 24.8 Å². The lowest BCUT2D eigenvalue weighted by Crippen LogP contribution is -2.54. The fraction of sp³-hybridized carbons (Fsp3) is 0.652. The highest BCUT2D eigenvalue weighted by molar-refractivity contribution is 7.91. The highest BCUT2D eigenvalue weighted by Crippen LogP contribution is 2.55. The van der Waals surface area contributed by atoms with Gasteiger partial charge in [0.15, 0.2) is 5.84 Å². The van der Waals surface area contributed by atoms with E-state index in [9.17, 15) is 26.7 Å². The van der Waals surface area contributed by atoms with E-state index in [1.165, 1.54) is 12.8 Å². The van der Waals surface area contributed by atoms with Gasteiger partial charge < -0.3 is 15.3 Å². The van der Waals surface area contributed by atoms with Crippen molar-refractivity contribution in [2.24, 2.45) is 28.1 Å². The number of aliphatic hydroxyl groups is 1. The fourth-order valence-electron chi connectivity index (χ4n) is 6.48. The number of amides is 1. The number of rotatable bonds is 7. The maximum Gasteiger partial charge on any atom is 0.287 e.